The normalized spacial score (nSPS) is 11.6. The van der Waals surface area contributed by atoms with Gasteiger partial charge < -0.3 is 9.47 Å². The van der Waals surface area contributed by atoms with E-state index < -0.39 is 0 Å². The summed E-state index contributed by atoms with van der Waals surface area (Å²) in [5, 5.41) is 19.2. The number of hydrogen-bond acceptors (Lipinski definition) is 4. The van der Waals surface area contributed by atoms with Gasteiger partial charge in [-0.1, -0.05) is 36.4 Å². The average molecular weight is 388 g/mol. The topological polar surface area (TPSA) is 74.8 Å². The SMILES string of the molecule is [C-]#[N+]C(C#N)=c1cc(Oc2ccccc2)c(=C(C#N)[N+]#[C-])cc1Oc1ccccc1. The Balaban J connectivity index is 2.35. The monoisotopic (exact) mass is 388 g/mol. The Morgan fingerprint density at radius 1 is 0.667 bits per heavy atom. The molecule has 0 aliphatic rings. The zero-order chi connectivity index (χ0) is 21.3. The molecule has 0 amide bonds. The first-order chi connectivity index (χ1) is 14.7. The predicted molar refractivity (Wildman–Crippen MR) is 110 cm³/mol. The summed E-state index contributed by atoms with van der Waals surface area (Å²) in [5.41, 5.74) is -0.404. The van der Waals surface area contributed by atoms with Gasteiger partial charge in [-0.3, -0.25) is 0 Å². The lowest BCUT2D eigenvalue weighted by atomic mass is 10.1. The lowest BCUT2D eigenvalue weighted by Crippen LogP contribution is -2.17. The molecule has 6 heteroatoms. The van der Waals surface area contributed by atoms with Gasteiger partial charge in [-0.15, -0.1) is 0 Å². The molecular formula is C24H12N4O2. The number of nitrogens with zero attached hydrogens (tertiary/aromatic N) is 4. The maximum absolute atomic E-state index is 9.42. The molecule has 0 radical (unpaired) electrons. The maximum atomic E-state index is 9.42. The first-order valence-corrected chi connectivity index (χ1v) is 8.63. The van der Waals surface area contributed by atoms with Crippen LogP contribution in [0.4, 0.5) is 0 Å². The van der Waals surface area contributed by atoms with Crippen LogP contribution < -0.4 is 19.9 Å². The molecule has 0 aromatic heterocycles. The van der Waals surface area contributed by atoms with E-state index in [1.54, 1.807) is 48.5 Å². The molecule has 0 N–H and O–H groups in total. The summed E-state index contributed by atoms with van der Waals surface area (Å²) in [6.45, 7) is 14.7. The average Bonchev–Trinajstić information content (AvgIpc) is 2.79. The van der Waals surface area contributed by atoms with Gasteiger partial charge in [0, 0.05) is 10.4 Å². The number of benzene rings is 3. The van der Waals surface area contributed by atoms with Crippen LogP contribution in [-0.2, 0) is 0 Å². The summed E-state index contributed by atoms with van der Waals surface area (Å²) in [7, 11) is 0. The van der Waals surface area contributed by atoms with Gasteiger partial charge in [0.25, 0.3) is 11.4 Å². The second kappa shape index (κ2) is 9.25. The van der Waals surface area contributed by atoms with Crippen molar-refractivity contribution in [2.45, 2.75) is 0 Å². The van der Waals surface area contributed by atoms with Crippen molar-refractivity contribution in [2.75, 3.05) is 0 Å². The zero-order valence-electron chi connectivity index (χ0n) is 15.5. The third-order valence-electron chi connectivity index (χ3n) is 3.97. The Hall–Kier alpha value is -5.04. The molecule has 0 saturated carbocycles. The van der Waals surface area contributed by atoms with Gasteiger partial charge in [0.2, 0.25) is 0 Å². The molecule has 0 atom stereocenters. The van der Waals surface area contributed by atoms with Gasteiger partial charge in [-0.05, 0) is 36.4 Å². The largest absolute Gasteiger partial charge is 0.458 e. The van der Waals surface area contributed by atoms with Crippen molar-refractivity contribution in [2.24, 2.45) is 0 Å². The standard InChI is InChI=1S/C24H12N4O2/c1-27-21(15-25)19-13-24(30-18-11-7-4-8-12-18)20(22(16-26)28-2)14-23(19)29-17-9-5-3-6-10-17/h3-14H. The Morgan fingerprint density at radius 3 is 1.33 bits per heavy atom. The van der Waals surface area contributed by atoms with Crippen LogP contribution in [0.15, 0.2) is 72.8 Å². The van der Waals surface area contributed by atoms with Crippen molar-refractivity contribution in [3.8, 4) is 35.1 Å². The second-order valence-electron chi connectivity index (χ2n) is 5.82. The molecule has 0 aliphatic heterocycles. The predicted octanol–water partition coefficient (Wildman–Crippen LogP) is 4.37. The summed E-state index contributed by atoms with van der Waals surface area (Å²) in [6.07, 6.45) is 0. The van der Waals surface area contributed by atoms with E-state index in [0.29, 0.717) is 11.5 Å². The van der Waals surface area contributed by atoms with E-state index in [1.807, 2.05) is 24.3 Å². The van der Waals surface area contributed by atoms with E-state index in [0.717, 1.165) is 0 Å². The molecule has 0 fully saturated rings. The third-order valence-corrected chi connectivity index (χ3v) is 3.97. The minimum Gasteiger partial charge on any atom is -0.458 e. The fourth-order valence-electron chi connectivity index (χ4n) is 2.62. The van der Waals surface area contributed by atoms with Gasteiger partial charge in [0.05, 0.1) is 25.3 Å². The van der Waals surface area contributed by atoms with Crippen LogP contribution in [0.25, 0.3) is 21.1 Å². The van der Waals surface area contributed by atoms with Crippen LogP contribution in [0.5, 0.6) is 23.0 Å². The maximum Gasteiger partial charge on any atom is 0.272 e. The number of nitriles is 2. The molecule has 0 unspecified atom stereocenters. The summed E-state index contributed by atoms with van der Waals surface area (Å²) >= 11 is 0. The molecular weight excluding hydrogens is 376 g/mol. The summed E-state index contributed by atoms with van der Waals surface area (Å²) < 4.78 is 11.8. The lowest BCUT2D eigenvalue weighted by Gasteiger charge is -2.12. The van der Waals surface area contributed by atoms with Crippen LogP contribution >= 0.6 is 0 Å². The van der Waals surface area contributed by atoms with Gasteiger partial charge >= 0.3 is 0 Å². The Kier molecular flexibility index (Phi) is 6.08. The minimum absolute atomic E-state index is 0.167. The Labute approximate surface area is 173 Å². The highest BCUT2D eigenvalue weighted by Crippen LogP contribution is 2.22. The highest BCUT2D eigenvalue weighted by atomic mass is 16.5. The summed E-state index contributed by atoms with van der Waals surface area (Å²) in [4.78, 5) is 6.56. The van der Waals surface area contributed by atoms with Crippen molar-refractivity contribution in [3.05, 3.63) is 106 Å². The molecule has 0 heterocycles. The number of para-hydroxylation sites is 2. The molecule has 0 bridgehead atoms. The van der Waals surface area contributed by atoms with Crippen molar-refractivity contribution in [1.82, 2.24) is 0 Å². The molecule has 0 spiro atoms. The van der Waals surface area contributed by atoms with Crippen LogP contribution in [0.3, 0.4) is 0 Å². The molecule has 3 rings (SSSR count). The fraction of sp³-hybridized carbons (Fsp3) is 0. The second-order valence-corrected chi connectivity index (χ2v) is 5.82. The molecule has 3 aromatic rings. The van der Waals surface area contributed by atoms with Crippen molar-refractivity contribution in [3.63, 3.8) is 0 Å². The molecule has 3 aromatic carbocycles. The van der Waals surface area contributed by atoms with Crippen molar-refractivity contribution < 1.29 is 9.47 Å². The first-order valence-electron chi connectivity index (χ1n) is 8.63. The summed E-state index contributed by atoms with van der Waals surface area (Å²) in [6, 6.07) is 24.2. The van der Waals surface area contributed by atoms with Gasteiger partial charge in [-0.2, -0.15) is 0 Å². The number of hydrogen-bond donors (Lipinski definition) is 0. The van der Waals surface area contributed by atoms with Crippen LogP contribution in [0.1, 0.15) is 0 Å². The number of rotatable bonds is 4. The molecule has 6 nitrogen and oxygen atoms in total. The van der Waals surface area contributed by atoms with E-state index in [9.17, 15) is 10.5 Å². The highest BCUT2D eigenvalue weighted by molar-refractivity contribution is 5.72. The smallest absolute Gasteiger partial charge is 0.272 e. The van der Waals surface area contributed by atoms with Crippen LogP contribution in [0.2, 0.25) is 0 Å². The van der Waals surface area contributed by atoms with Crippen LogP contribution in [-0.4, -0.2) is 0 Å². The third kappa shape index (κ3) is 4.26. The minimum atomic E-state index is -0.202. The van der Waals surface area contributed by atoms with Gasteiger partial charge in [0.15, 0.2) is 0 Å². The number of ether oxygens (including phenoxy) is 2. The van der Waals surface area contributed by atoms with E-state index in [4.69, 9.17) is 22.6 Å². The first kappa shape index (κ1) is 19.7. The van der Waals surface area contributed by atoms with Crippen molar-refractivity contribution >= 4 is 11.4 Å². The molecule has 0 saturated heterocycles. The van der Waals surface area contributed by atoms with E-state index >= 15 is 0 Å². The van der Waals surface area contributed by atoms with E-state index in [-0.39, 0.29) is 33.3 Å². The summed E-state index contributed by atoms with van der Waals surface area (Å²) in [5.74, 6) is 1.29. The highest BCUT2D eigenvalue weighted by Gasteiger charge is 2.13. The van der Waals surface area contributed by atoms with Gasteiger partial charge in [0.1, 0.15) is 23.0 Å². The van der Waals surface area contributed by atoms with E-state index in [1.165, 1.54) is 12.1 Å². The zero-order valence-corrected chi connectivity index (χ0v) is 15.5. The van der Waals surface area contributed by atoms with Crippen LogP contribution in [0, 0.1) is 35.8 Å². The van der Waals surface area contributed by atoms with Crippen molar-refractivity contribution in [1.29, 1.82) is 10.5 Å². The lowest BCUT2D eigenvalue weighted by molar-refractivity contribution is 0.462. The quantitative estimate of drug-likeness (QED) is 0.622. The fourth-order valence-corrected chi connectivity index (χ4v) is 2.62. The molecule has 30 heavy (non-hydrogen) atoms. The Bertz CT molecular complexity index is 1230. The molecule has 140 valence electrons. The molecule has 0 aliphatic carbocycles. The Morgan fingerprint density at radius 2 is 1.03 bits per heavy atom. The van der Waals surface area contributed by atoms with Gasteiger partial charge in [-0.25, -0.2) is 20.2 Å². The van der Waals surface area contributed by atoms with E-state index in [2.05, 4.69) is 9.69 Å².